The first-order valence-electron chi connectivity index (χ1n) is 8.50. The van der Waals surface area contributed by atoms with Crippen LogP contribution in [0.2, 0.25) is 5.02 Å². The molecule has 2 aromatic rings. The monoisotopic (exact) mass is 372 g/mol. The number of hydrogen-bond donors (Lipinski definition) is 2. The standard InChI is InChI=1S/C20H21ClN2O3/c1-20(2)16-12-14(7-10-17(16)23-19(20)25)22-18(24)4-3-11-26-15-8-5-13(21)6-9-15/h5-10,12H,3-4,11H2,1-2H3,(H,22,24)(H,23,25). The summed E-state index contributed by atoms with van der Waals surface area (Å²) in [6.07, 6.45) is 0.955. The second kappa shape index (κ2) is 7.38. The molecule has 1 aliphatic rings. The molecule has 2 aromatic carbocycles. The number of hydrogen-bond acceptors (Lipinski definition) is 3. The van der Waals surface area contributed by atoms with Crippen LogP contribution in [-0.4, -0.2) is 18.4 Å². The van der Waals surface area contributed by atoms with Crippen LogP contribution in [0.3, 0.4) is 0 Å². The molecule has 2 N–H and O–H groups in total. The summed E-state index contributed by atoms with van der Waals surface area (Å²) in [5, 5.41) is 6.39. The van der Waals surface area contributed by atoms with E-state index in [9.17, 15) is 9.59 Å². The summed E-state index contributed by atoms with van der Waals surface area (Å²) in [6, 6.07) is 12.6. The van der Waals surface area contributed by atoms with Gasteiger partial charge in [0.05, 0.1) is 12.0 Å². The van der Waals surface area contributed by atoms with Crippen molar-refractivity contribution in [3.05, 3.63) is 53.1 Å². The van der Waals surface area contributed by atoms with Gasteiger partial charge in [0.1, 0.15) is 5.75 Å². The molecule has 5 nitrogen and oxygen atoms in total. The highest BCUT2D eigenvalue weighted by Gasteiger charge is 2.38. The van der Waals surface area contributed by atoms with E-state index < -0.39 is 5.41 Å². The van der Waals surface area contributed by atoms with Crippen LogP contribution in [-0.2, 0) is 15.0 Å². The molecule has 136 valence electrons. The number of carbonyl (C=O) groups excluding carboxylic acids is 2. The summed E-state index contributed by atoms with van der Waals surface area (Å²) in [5.74, 6) is 0.614. The first-order chi connectivity index (χ1) is 12.4. The third-order valence-corrected chi connectivity index (χ3v) is 4.68. The molecule has 0 radical (unpaired) electrons. The molecule has 6 heteroatoms. The van der Waals surface area contributed by atoms with Crippen molar-refractivity contribution in [1.82, 2.24) is 0 Å². The molecule has 0 saturated carbocycles. The molecule has 0 aliphatic carbocycles. The number of halogens is 1. The number of amides is 2. The Kier molecular flexibility index (Phi) is 5.18. The Morgan fingerprint density at radius 3 is 2.65 bits per heavy atom. The molecule has 26 heavy (non-hydrogen) atoms. The van der Waals surface area contributed by atoms with Gasteiger partial charge in [0.15, 0.2) is 0 Å². The second-order valence-electron chi connectivity index (χ2n) is 6.79. The molecular weight excluding hydrogens is 352 g/mol. The quantitative estimate of drug-likeness (QED) is 0.740. The lowest BCUT2D eigenvalue weighted by Crippen LogP contribution is -2.26. The Hall–Kier alpha value is -2.53. The summed E-state index contributed by atoms with van der Waals surface area (Å²) < 4.78 is 5.58. The van der Waals surface area contributed by atoms with Crippen LogP contribution in [0.1, 0.15) is 32.3 Å². The van der Waals surface area contributed by atoms with Gasteiger partial charge in [-0.2, -0.15) is 0 Å². The molecular formula is C20H21ClN2O3. The van der Waals surface area contributed by atoms with E-state index in [4.69, 9.17) is 16.3 Å². The maximum absolute atomic E-state index is 12.1. The lowest BCUT2D eigenvalue weighted by atomic mass is 9.86. The molecule has 0 fully saturated rings. The number of fused-ring (bicyclic) bond motifs is 1. The maximum atomic E-state index is 12.1. The SMILES string of the molecule is CC1(C)C(=O)Nc2ccc(NC(=O)CCCOc3ccc(Cl)cc3)cc21. The summed E-state index contributed by atoms with van der Waals surface area (Å²) in [7, 11) is 0. The molecule has 1 aliphatic heterocycles. The molecule has 0 spiro atoms. The second-order valence-corrected chi connectivity index (χ2v) is 7.23. The predicted octanol–water partition coefficient (Wildman–Crippen LogP) is 4.37. The Balaban J connectivity index is 1.49. The minimum atomic E-state index is -0.595. The van der Waals surface area contributed by atoms with Crippen molar-refractivity contribution in [1.29, 1.82) is 0 Å². The molecule has 3 rings (SSSR count). The van der Waals surface area contributed by atoms with Crippen LogP contribution >= 0.6 is 11.6 Å². The maximum Gasteiger partial charge on any atom is 0.234 e. The number of benzene rings is 2. The summed E-state index contributed by atoms with van der Waals surface area (Å²) in [4.78, 5) is 24.1. The van der Waals surface area contributed by atoms with Gasteiger partial charge < -0.3 is 15.4 Å². The van der Waals surface area contributed by atoms with Gasteiger partial charge in [-0.1, -0.05) is 11.6 Å². The molecule has 0 saturated heterocycles. The number of carbonyl (C=O) groups is 2. The minimum Gasteiger partial charge on any atom is -0.494 e. The number of rotatable bonds is 6. The van der Waals surface area contributed by atoms with Gasteiger partial charge in [-0.05, 0) is 68.3 Å². The van der Waals surface area contributed by atoms with E-state index in [1.807, 2.05) is 26.0 Å². The van der Waals surface area contributed by atoms with Crippen LogP contribution in [0.5, 0.6) is 5.75 Å². The lowest BCUT2D eigenvalue weighted by molar-refractivity contribution is -0.119. The Bertz CT molecular complexity index is 831. The largest absolute Gasteiger partial charge is 0.494 e. The summed E-state index contributed by atoms with van der Waals surface area (Å²) in [6.45, 7) is 4.19. The van der Waals surface area contributed by atoms with Gasteiger partial charge in [0, 0.05) is 22.8 Å². The minimum absolute atomic E-state index is 0.0321. The smallest absolute Gasteiger partial charge is 0.234 e. The molecule has 1 heterocycles. The highest BCUT2D eigenvalue weighted by molar-refractivity contribution is 6.30. The van der Waals surface area contributed by atoms with Crippen LogP contribution in [0.15, 0.2) is 42.5 Å². The third kappa shape index (κ3) is 3.99. The van der Waals surface area contributed by atoms with Gasteiger partial charge >= 0.3 is 0 Å². The molecule has 0 bridgehead atoms. The number of nitrogens with one attached hydrogen (secondary N) is 2. The average Bonchev–Trinajstić information content (AvgIpc) is 2.83. The molecule has 2 amide bonds. The number of ether oxygens (including phenoxy) is 1. The summed E-state index contributed by atoms with van der Waals surface area (Å²) in [5.41, 5.74) is 1.79. The number of anilines is 2. The van der Waals surface area contributed by atoms with Crippen molar-refractivity contribution in [2.24, 2.45) is 0 Å². The van der Waals surface area contributed by atoms with E-state index in [1.165, 1.54) is 0 Å². The van der Waals surface area contributed by atoms with Crippen LogP contribution in [0, 0.1) is 0 Å². The fraction of sp³-hybridized carbons (Fsp3) is 0.300. The first kappa shape index (κ1) is 18.3. The molecule has 0 aromatic heterocycles. The zero-order valence-electron chi connectivity index (χ0n) is 14.8. The van der Waals surface area contributed by atoms with Gasteiger partial charge in [-0.15, -0.1) is 0 Å². The van der Waals surface area contributed by atoms with Gasteiger partial charge in [-0.25, -0.2) is 0 Å². The molecule has 0 unspecified atom stereocenters. The van der Waals surface area contributed by atoms with Crippen molar-refractivity contribution in [2.45, 2.75) is 32.1 Å². The van der Waals surface area contributed by atoms with Crippen molar-refractivity contribution in [3.63, 3.8) is 0 Å². The normalized spacial score (nSPS) is 14.5. The lowest BCUT2D eigenvalue weighted by Gasteiger charge is -2.16. The van der Waals surface area contributed by atoms with E-state index in [1.54, 1.807) is 30.3 Å². The van der Waals surface area contributed by atoms with Crippen LogP contribution in [0.25, 0.3) is 0 Å². The van der Waals surface area contributed by atoms with E-state index in [0.29, 0.717) is 30.2 Å². The zero-order chi connectivity index (χ0) is 18.7. The Morgan fingerprint density at radius 2 is 1.92 bits per heavy atom. The average molecular weight is 373 g/mol. The predicted molar refractivity (Wildman–Crippen MR) is 103 cm³/mol. The third-order valence-electron chi connectivity index (χ3n) is 4.42. The van der Waals surface area contributed by atoms with E-state index in [-0.39, 0.29) is 11.8 Å². The zero-order valence-corrected chi connectivity index (χ0v) is 15.5. The van der Waals surface area contributed by atoms with Crippen LogP contribution in [0.4, 0.5) is 11.4 Å². The fourth-order valence-corrected chi connectivity index (χ4v) is 2.95. The van der Waals surface area contributed by atoms with Crippen molar-refractivity contribution >= 4 is 34.8 Å². The van der Waals surface area contributed by atoms with E-state index in [0.717, 1.165) is 17.0 Å². The van der Waals surface area contributed by atoms with Crippen LogP contribution < -0.4 is 15.4 Å². The van der Waals surface area contributed by atoms with E-state index in [2.05, 4.69) is 10.6 Å². The topological polar surface area (TPSA) is 67.4 Å². The van der Waals surface area contributed by atoms with Gasteiger partial charge in [0.25, 0.3) is 0 Å². The van der Waals surface area contributed by atoms with Crippen molar-refractivity contribution in [3.8, 4) is 5.75 Å². The summed E-state index contributed by atoms with van der Waals surface area (Å²) >= 11 is 5.82. The molecule has 0 atom stereocenters. The van der Waals surface area contributed by atoms with Gasteiger partial charge in [0.2, 0.25) is 11.8 Å². The Morgan fingerprint density at radius 1 is 1.19 bits per heavy atom. The highest BCUT2D eigenvalue weighted by Crippen LogP contribution is 2.38. The Labute approximate surface area is 157 Å². The first-order valence-corrected chi connectivity index (χ1v) is 8.88. The highest BCUT2D eigenvalue weighted by atomic mass is 35.5. The van der Waals surface area contributed by atoms with E-state index >= 15 is 0 Å². The van der Waals surface area contributed by atoms with Gasteiger partial charge in [-0.3, -0.25) is 9.59 Å². The fourth-order valence-electron chi connectivity index (χ4n) is 2.83. The van der Waals surface area contributed by atoms with Crippen molar-refractivity contribution in [2.75, 3.05) is 17.2 Å². The van der Waals surface area contributed by atoms with Crippen molar-refractivity contribution < 1.29 is 14.3 Å².